The van der Waals surface area contributed by atoms with Crippen LogP contribution >= 0.6 is 0 Å². The third kappa shape index (κ3) is 3.65. The van der Waals surface area contributed by atoms with Crippen molar-refractivity contribution in [3.05, 3.63) is 48.2 Å². The summed E-state index contributed by atoms with van der Waals surface area (Å²) < 4.78 is 5.01. The Balaban J connectivity index is 1.60. The third-order valence-corrected chi connectivity index (χ3v) is 5.27. The number of ether oxygens (including phenoxy) is 1. The van der Waals surface area contributed by atoms with E-state index in [2.05, 4.69) is 10.3 Å². The Hall–Kier alpha value is -3.42. The standard InChI is InChI=1S/C21H22N4O4/c1-29-19-10-9-14(12-22-19)23-18(26)13-25-16-7-3-2-6-15(16)20(27)24-11-5-4-8-17(24)21(25)28/h2-3,6-7,9-10,12,17H,4-5,8,11,13H2,1H3,(H,23,26)/t17-/m0/s1. The van der Waals surface area contributed by atoms with Crippen LogP contribution in [0.3, 0.4) is 0 Å². The van der Waals surface area contributed by atoms with Crippen LogP contribution in [-0.2, 0) is 9.59 Å². The molecule has 1 atom stereocenters. The summed E-state index contributed by atoms with van der Waals surface area (Å²) in [6.45, 7) is 0.376. The minimum atomic E-state index is -0.529. The summed E-state index contributed by atoms with van der Waals surface area (Å²) >= 11 is 0. The van der Waals surface area contributed by atoms with Crippen LogP contribution in [0.25, 0.3) is 0 Å². The van der Waals surface area contributed by atoms with E-state index in [9.17, 15) is 14.4 Å². The van der Waals surface area contributed by atoms with E-state index in [-0.39, 0.29) is 24.3 Å². The lowest BCUT2D eigenvalue weighted by atomic mass is 10.0. The van der Waals surface area contributed by atoms with Gasteiger partial charge in [-0.15, -0.1) is 0 Å². The van der Waals surface area contributed by atoms with E-state index < -0.39 is 6.04 Å². The first-order valence-electron chi connectivity index (χ1n) is 9.60. The highest BCUT2D eigenvalue weighted by Gasteiger charge is 2.40. The number of benzene rings is 1. The molecule has 0 radical (unpaired) electrons. The van der Waals surface area contributed by atoms with Gasteiger partial charge in [0.1, 0.15) is 12.6 Å². The second-order valence-electron chi connectivity index (χ2n) is 7.09. The number of anilines is 2. The fourth-order valence-electron chi connectivity index (χ4n) is 3.86. The Kier molecular flexibility index (Phi) is 5.16. The maximum absolute atomic E-state index is 13.3. The zero-order valence-corrected chi connectivity index (χ0v) is 16.1. The van der Waals surface area contributed by atoms with Crippen LogP contribution in [-0.4, -0.2) is 53.8 Å². The first-order valence-corrected chi connectivity index (χ1v) is 9.60. The molecule has 0 aliphatic carbocycles. The largest absolute Gasteiger partial charge is 0.481 e. The Morgan fingerprint density at radius 2 is 2.03 bits per heavy atom. The van der Waals surface area contributed by atoms with Crippen molar-refractivity contribution in [2.45, 2.75) is 25.3 Å². The number of methoxy groups -OCH3 is 1. The van der Waals surface area contributed by atoms with E-state index in [1.165, 1.54) is 18.2 Å². The van der Waals surface area contributed by atoms with Gasteiger partial charge in [0.2, 0.25) is 17.7 Å². The van der Waals surface area contributed by atoms with E-state index in [0.29, 0.717) is 35.8 Å². The summed E-state index contributed by atoms with van der Waals surface area (Å²) in [5.74, 6) is -0.292. The predicted molar refractivity (Wildman–Crippen MR) is 107 cm³/mol. The molecule has 2 aliphatic rings. The number of amides is 3. The van der Waals surface area contributed by atoms with Crippen LogP contribution in [0.5, 0.6) is 5.88 Å². The molecular formula is C21H22N4O4. The smallest absolute Gasteiger partial charge is 0.256 e. The van der Waals surface area contributed by atoms with E-state index in [1.54, 1.807) is 41.3 Å². The number of fused-ring (bicyclic) bond motifs is 2. The number of pyridine rings is 1. The van der Waals surface area contributed by atoms with Gasteiger partial charge in [0.05, 0.1) is 30.2 Å². The van der Waals surface area contributed by atoms with Crippen molar-refractivity contribution < 1.29 is 19.1 Å². The van der Waals surface area contributed by atoms with Gasteiger partial charge in [-0.3, -0.25) is 14.4 Å². The summed E-state index contributed by atoms with van der Waals surface area (Å²) in [6.07, 6.45) is 3.86. The number of carbonyl (C=O) groups excluding carboxylic acids is 3. The topological polar surface area (TPSA) is 91.8 Å². The molecule has 4 rings (SSSR count). The number of piperidine rings is 1. The van der Waals surface area contributed by atoms with Crippen LogP contribution in [0, 0.1) is 0 Å². The third-order valence-electron chi connectivity index (χ3n) is 5.27. The van der Waals surface area contributed by atoms with Gasteiger partial charge < -0.3 is 19.9 Å². The Morgan fingerprint density at radius 3 is 2.79 bits per heavy atom. The second-order valence-corrected chi connectivity index (χ2v) is 7.09. The van der Waals surface area contributed by atoms with Gasteiger partial charge in [0.15, 0.2) is 0 Å². The lowest BCUT2D eigenvalue weighted by molar-refractivity contribution is -0.125. The first kappa shape index (κ1) is 18.9. The molecule has 1 saturated heterocycles. The van der Waals surface area contributed by atoms with Gasteiger partial charge in [0.25, 0.3) is 5.91 Å². The maximum Gasteiger partial charge on any atom is 0.256 e. The summed E-state index contributed by atoms with van der Waals surface area (Å²) in [4.78, 5) is 46.1. The molecule has 1 aromatic carbocycles. The van der Waals surface area contributed by atoms with E-state index in [4.69, 9.17) is 4.74 Å². The molecule has 2 aliphatic heterocycles. The van der Waals surface area contributed by atoms with Crippen molar-refractivity contribution in [2.75, 3.05) is 30.4 Å². The molecule has 2 aromatic rings. The fraction of sp³-hybridized carbons (Fsp3) is 0.333. The molecule has 29 heavy (non-hydrogen) atoms. The van der Waals surface area contributed by atoms with Crippen LogP contribution in [0.15, 0.2) is 42.6 Å². The monoisotopic (exact) mass is 394 g/mol. The Labute approximate surface area is 168 Å². The van der Waals surface area contributed by atoms with Crippen molar-refractivity contribution in [1.29, 1.82) is 0 Å². The molecule has 1 aromatic heterocycles. The van der Waals surface area contributed by atoms with Crippen LogP contribution < -0.4 is 15.0 Å². The van der Waals surface area contributed by atoms with Gasteiger partial charge in [-0.2, -0.15) is 0 Å². The molecule has 1 N–H and O–H groups in total. The number of hydrogen-bond donors (Lipinski definition) is 1. The van der Waals surface area contributed by atoms with Crippen LogP contribution in [0.2, 0.25) is 0 Å². The quantitative estimate of drug-likeness (QED) is 0.857. The number of aromatic nitrogens is 1. The minimum absolute atomic E-state index is 0.152. The maximum atomic E-state index is 13.3. The van der Waals surface area contributed by atoms with Crippen molar-refractivity contribution in [3.63, 3.8) is 0 Å². The SMILES string of the molecule is COc1ccc(NC(=O)CN2C(=O)[C@@H]3CCCCN3C(=O)c3ccccc32)cn1. The van der Waals surface area contributed by atoms with Gasteiger partial charge in [0, 0.05) is 12.6 Å². The number of para-hydroxylation sites is 1. The summed E-state index contributed by atoms with van der Waals surface area (Å²) in [5, 5.41) is 2.75. The highest BCUT2D eigenvalue weighted by molar-refractivity contribution is 6.13. The normalized spacial score (nSPS) is 18.6. The predicted octanol–water partition coefficient (Wildman–Crippen LogP) is 2.07. The average molecular weight is 394 g/mol. The van der Waals surface area contributed by atoms with Gasteiger partial charge in [-0.25, -0.2) is 4.98 Å². The van der Waals surface area contributed by atoms with Gasteiger partial charge in [-0.1, -0.05) is 12.1 Å². The molecule has 8 heteroatoms. The van der Waals surface area contributed by atoms with Crippen molar-refractivity contribution in [2.24, 2.45) is 0 Å². The fourth-order valence-corrected chi connectivity index (χ4v) is 3.86. The van der Waals surface area contributed by atoms with Crippen molar-refractivity contribution >= 4 is 29.1 Å². The zero-order valence-electron chi connectivity index (χ0n) is 16.1. The zero-order chi connectivity index (χ0) is 20.4. The molecule has 150 valence electrons. The highest BCUT2D eigenvalue weighted by Crippen LogP contribution is 2.31. The highest BCUT2D eigenvalue weighted by atomic mass is 16.5. The van der Waals surface area contributed by atoms with E-state index in [1.807, 2.05) is 0 Å². The van der Waals surface area contributed by atoms with Gasteiger partial charge in [-0.05, 0) is 37.5 Å². The number of hydrogen-bond acceptors (Lipinski definition) is 5. The summed E-state index contributed by atoms with van der Waals surface area (Å²) in [7, 11) is 1.51. The molecule has 3 amide bonds. The molecule has 3 heterocycles. The Morgan fingerprint density at radius 1 is 1.21 bits per heavy atom. The number of nitrogens with one attached hydrogen (secondary N) is 1. The lowest BCUT2D eigenvalue weighted by Crippen LogP contribution is -2.52. The molecule has 0 spiro atoms. The lowest BCUT2D eigenvalue weighted by Gasteiger charge is -2.34. The number of carbonyl (C=O) groups is 3. The number of nitrogens with zero attached hydrogens (tertiary/aromatic N) is 3. The summed E-state index contributed by atoms with van der Waals surface area (Å²) in [5.41, 5.74) is 1.42. The molecular weight excluding hydrogens is 372 g/mol. The second kappa shape index (κ2) is 7.90. The molecule has 8 nitrogen and oxygen atoms in total. The van der Waals surface area contributed by atoms with Crippen LogP contribution in [0.1, 0.15) is 29.6 Å². The molecule has 0 bridgehead atoms. The first-order chi connectivity index (χ1) is 14.1. The molecule has 0 saturated carbocycles. The van der Waals surface area contributed by atoms with Gasteiger partial charge >= 0.3 is 0 Å². The van der Waals surface area contributed by atoms with E-state index in [0.717, 1.165) is 12.8 Å². The number of rotatable bonds is 4. The van der Waals surface area contributed by atoms with Crippen molar-refractivity contribution in [3.8, 4) is 5.88 Å². The average Bonchev–Trinajstić information content (AvgIpc) is 2.84. The minimum Gasteiger partial charge on any atom is -0.481 e. The molecule has 0 unspecified atom stereocenters. The summed E-state index contributed by atoms with van der Waals surface area (Å²) in [6, 6.07) is 9.74. The molecule has 1 fully saturated rings. The van der Waals surface area contributed by atoms with Crippen LogP contribution in [0.4, 0.5) is 11.4 Å². The Bertz CT molecular complexity index is 944. The van der Waals surface area contributed by atoms with E-state index >= 15 is 0 Å². The van der Waals surface area contributed by atoms with Crippen molar-refractivity contribution in [1.82, 2.24) is 9.88 Å².